The lowest BCUT2D eigenvalue weighted by Crippen LogP contribution is -2.05. The van der Waals surface area contributed by atoms with Crippen molar-refractivity contribution in [1.82, 2.24) is 0 Å². The van der Waals surface area contributed by atoms with E-state index in [1.54, 1.807) is 0 Å². The monoisotopic (exact) mass is 359 g/mol. The first-order chi connectivity index (χ1) is 10.8. The lowest BCUT2D eigenvalue weighted by Gasteiger charge is -2.10. The first kappa shape index (κ1) is 16.9. The molecular weight excluding hydrogens is 351 g/mol. The first-order valence-corrected chi connectivity index (χ1v) is 8.46. The van der Waals surface area contributed by atoms with Crippen molar-refractivity contribution in [2.75, 3.05) is 0 Å². The number of hydrogen-bond acceptors (Lipinski definition) is 7. The van der Waals surface area contributed by atoms with Crippen molar-refractivity contribution in [1.29, 1.82) is 0 Å². The topological polar surface area (TPSA) is 125 Å². The van der Waals surface area contributed by atoms with E-state index < -0.39 is 28.5 Å². The molecule has 0 radical (unpaired) electrons. The molecule has 11 heteroatoms. The number of para-hydroxylation sites is 4. The predicted molar refractivity (Wildman–Crippen MR) is 82.4 cm³/mol. The normalized spacial score (nSPS) is 10.9. The number of hydrogen-bond donors (Lipinski definition) is 1. The summed E-state index contributed by atoms with van der Waals surface area (Å²) in [6.45, 7) is 0. The van der Waals surface area contributed by atoms with Gasteiger partial charge in [-0.05, 0) is 12.1 Å². The fraction of sp³-hybridized carbons (Fsp3) is 0. The van der Waals surface area contributed by atoms with Crippen LogP contribution in [0.4, 0.5) is 11.4 Å². The third kappa shape index (κ3) is 4.26. The minimum atomic E-state index is -4.16. The van der Waals surface area contributed by atoms with Gasteiger partial charge in [-0.1, -0.05) is 24.3 Å². The summed E-state index contributed by atoms with van der Waals surface area (Å²) < 4.78 is 9.96. The van der Waals surface area contributed by atoms with Crippen molar-refractivity contribution in [2.24, 2.45) is 0 Å². The summed E-state index contributed by atoms with van der Waals surface area (Å²) in [5.41, 5.74) is -0.865. The molecule has 0 fully saturated rings. The van der Waals surface area contributed by atoms with Gasteiger partial charge in [0.1, 0.15) is 0 Å². The zero-order valence-electron chi connectivity index (χ0n) is 11.2. The molecule has 0 atom stereocenters. The lowest BCUT2D eigenvalue weighted by atomic mass is 10.3. The lowest BCUT2D eigenvalue weighted by molar-refractivity contribution is -0.385. The highest BCUT2D eigenvalue weighted by atomic mass is 35.7. The second-order valence-corrected chi connectivity index (χ2v) is 6.63. The van der Waals surface area contributed by atoms with Crippen molar-refractivity contribution < 1.29 is 23.8 Å². The summed E-state index contributed by atoms with van der Waals surface area (Å²) >= 11 is 5.74. The highest BCUT2D eigenvalue weighted by Crippen LogP contribution is 2.62. The molecule has 9 nitrogen and oxygen atoms in total. The van der Waals surface area contributed by atoms with Crippen LogP contribution in [0.1, 0.15) is 0 Å². The Morgan fingerprint density at radius 1 is 0.870 bits per heavy atom. The van der Waals surface area contributed by atoms with Crippen LogP contribution in [0.15, 0.2) is 48.5 Å². The first-order valence-electron chi connectivity index (χ1n) is 5.97. The average molecular weight is 360 g/mol. The Morgan fingerprint density at radius 3 is 1.57 bits per heavy atom. The fourth-order valence-electron chi connectivity index (χ4n) is 1.63. The molecule has 0 aliphatic carbocycles. The number of nitro benzene ring substituents is 2. The Kier molecular flexibility index (Phi) is 4.95. The highest BCUT2D eigenvalue weighted by Gasteiger charge is 2.46. The molecule has 0 saturated carbocycles. The van der Waals surface area contributed by atoms with Gasteiger partial charge >= 0.3 is 18.7 Å². The van der Waals surface area contributed by atoms with Crippen molar-refractivity contribution in [2.45, 2.75) is 0 Å². The number of rotatable bonds is 6. The maximum Gasteiger partial charge on any atom is 0.611 e. The van der Waals surface area contributed by atoms with E-state index in [-0.39, 0.29) is 11.5 Å². The van der Waals surface area contributed by atoms with E-state index in [0.717, 1.165) is 12.1 Å². The van der Waals surface area contributed by atoms with Gasteiger partial charge in [0.2, 0.25) is 11.2 Å². The van der Waals surface area contributed by atoms with Crippen LogP contribution in [0.5, 0.6) is 11.5 Å². The van der Waals surface area contributed by atoms with Crippen molar-refractivity contribution in [3.8, 4) is 11.5 Å². The number of nitrogens with zero attached hydrogens (tertiary/aromatic N) is 2. The van der Waals surface area contributed by atoms with E-state index in [4.69, 9.17) is 20.3 Å². The summed E-state index contributed by atoms with van der Waals surface area (Å²) in [4.78, 5) is 30.4. The average Bonchev–Trinajstić information content (AvgIpc) is 2.47. The molecule has 0 aromatic heterocycles. The van der Waals surface area contributed by atoms with Gasteiger partial charge in [-0.15, -0.1) is 0 Å². The van der Waals surface area contributed by atoms with Crippen LogP contribution in [0.2, 0.25) is 0 Å². The fourth-order valence-corrected chi connectivity index (χ4v) is 2.91. The van der Waals surface area contributed by atoms with Crippen molar-refractivity contribution >= 4 is 29.9 Å². The van der Waals surface area contributed by atoms with Gasteiger partial charge in [-0.25, -0.2) is 0 Å². The van der Waals surface area contributed by atoms with Crippen LogP contribution in [-0.2, 0) is 0 Å². The Labute approximate surface area is 134 Å². The highest BCUT2D eigenvalue weighted by molar-refractivity contribution is 7.87. The molecule has 0 heterocycles. The largest absolute Gasteiger partial charge is 0.611 e. The maximum absolute atomic E-state index is 10.9. The Morgan fingerprint density at radius 2 is 1.22 bits per heavy atom. The van der Waals surface area contributed by atoms with Gasteiger partial charge < -0.3 is 0 Å². The third-order valence-electron chi connectivity index (χ3n) is 2.55. The van der Waals surface area contributed by atoms with Gasteiger partial charge in [0, 0.05) is 12.1 Å². The molecule has 0 amide bonds. The molecule has 2 aromatic rings. The Bertz CT molecular complexity index is 694. The molecule has 0 aliphatic rings. The zero-order chi connectivity index (χ0) is 17.0. The smallest absolute Gasteiger partial charge is 0.258 e. The van der Waals surface area contributed by atoms with E-state index in [2.05, 4.69) is 0 Å². The minimum Gasteiger partial charge on any atom is -0.258 e. The van der Waals surface area contributed by atoms with E-state index >= 15 is 0 Å². The van der Waals surface area contributed by atoms with Crippen LogP contribution in [0.25, 0.3) is 0 Å². The van der Waals surface area contributed by atoms with Gasteiger partial charge in [0.25, 0.3) is 11.5 Å². The Hall–Kier alpha value is -2.48. The number of nitro groups is 2. The van der Waals surface area contributed by atoms with E-state index in [0.29, 0.717) is 0 Å². The van der Waals surface area contributed by atoms with Gasteiger partial charge in [-0.2, -0.15) is 4.89 Å². The summed E-state index contributed by atoms with van der Waals surface area (Å²) in [6.07, 6.45) is 0. The summed E-state index contributed by atoms with van der Waals surface area (Å²) in [7, 11) is -4.16. The molecule has 23 heavy (non-hydrogen) atoms. The van der Waals surface area contributed by atoms with Crippen LogP contribution in [0.3, 0.4) is 0 Å². The van der Waals surface area contributed by atoms with Crippen LogP contribution < -0.4 is 9.05 Å². The summed E-state index contributed by atoms with van der Waals surface area (Å²) in [5, 5.41) is 21.8. The molecule has 2 aromatic carbocycles. The van der Waals surface area contributed by atoms with Crippen LogP contribution in [-0.4, -0.2) is 14.7 Å². The molecule has 0 saturated heterocycles. The van der Waals surface area contributed by atoms with Crippen molar-refractivity contribution in [3.05, 3.63) is 68.8 Å². The van der Waals surface area contributed by atoms with Crippen LogP contribution in [0, 0.1) is 20.2 Å². The summed E-state index contributed by atoms with van der Waals surface area (Å²) in [5.74, 6) is -0.635. The minimum absolute atomic E-state index is 0.318. The SMILES string of the molecule is O=[N+]([O-])c1ccccc1O[P+](O)(Cl)Oc1ccccc1[N+](=O)[O-]. The molecule has 1 N–H and O–H groups in total. The molecule has 0 unspecified atom stereocenters. The van der Waals surface area contributed by atoms with Crippen LogP contribution >= 0.6 is 18.5 Å². The predicted octanol–water partition coefficient (Wildman–Crippen LogP) is 3.87. The number of halogens is 1. The molecular formula is C12H9ClN2O7P+. The standard InChI is InChI=1S/C12H9ClN2O7P/c13-23(20,21-11-7-3-1-5-9(11)14(16)17)22-12-8-4-2-6-10(12)15(18)19/h1-8,20H/q+1. The van der Waals surface area contributed by atoms with Gasteiger partial charge in [0.15, 0.2) is 0 Å². The second-order valence-electron chi connectivity index (χ2n) is 4.08. The van der Waals surface area contributed by atoms with E-state index in [1.807, 2.05) is 0 Å². The molecule has 0 bridgehead atoms. The molecule has 120 valence electrons. The van der Waals surface area contributed by atoms with Gasteiger partial charge in [0.05, 0.1) is 9.85 Å². The molecule has 0 spiro atoms. The molecule has 2 rings (SSSR count). The Balaban J connectivity index is 2.27. The quantitative estimate of drug-likeness (QED) is 0.471. The van der Waals surface area contributed by atoms with Crippen molar-refractivity contribution in [3.63, 3.8) is 0 Å². The summed E-state index contributed by atoms with van der Waals surface area (Å²) in [6, 6.07) is 10.4. The van der Waals surface area contributed by atoms with E-state index in [1.165, 1.54) is 36.4 Å². The zero-order valence-corrected chi connectivity index (χ0v) is 12.9. The number of benzene rings is 2. The molecule has 0 aliphatic heterocycles. The third-order valence-corrected chi connectivity index (χ3v) is 3.80. The maximum atomic E-state index is 10.9. The van der Waals surface area contributed by atoms with E-state index in [9.17, 15) is 25.1 Å². The second kappa shape index (κ2) is 6.74. The van der Waals surface area contributed by atoms with Gasteiger partial charge in [-0.3, -0.25) is 29.3 Å².